The molecule has 0 radical (unpaired) electrons. The van der Waals surface area contributed by atoms with E-state index in [2.05, 4.69) is 10.0 Å². The standard InChI is InChI=1S/C10H10ClF3N3O4S3.Li/c11-5-1-6-8(2-7(5)23(15,18)19)24(20,21)17-9(16-6)3-22-4-10(12,13)14;/h1-2,9,16-17H,3-4H2,(H-,15,18,19);/q-1;+1. The monoisotopic (exact) mass is 431 g/mol. The molecule has 136 valence electrons. The van der Waals surface area contributed by atoms with E-state index in [-0.39, 0.29) is 35.3 Å². The van der Waals surface area contributed by atoms with Gasteiger partial charge in [-0.3, -0.25) is 0 Å². The number of thioether (sulfide) groups is 1. The first-order valence-electron chi connectivity index (χ1n) is 6.06. The van der Waals surface area contributed by atoms with Crippen LogP contribution in [-0.4, -0.2) is 40.7 Å². The number of hydrogen-bond donors (Lipinski definition) is 2. The number of anilines is 1. The summed E-state index contributed by atoms with van der Waals surface area (Å²) in [5, 5.41) is 9.27. The third-order valence-corrected chi connectivity index (χ3v) is 6.74. The zero-order chi connectivity index (χ0) is 18.3. The van der Waals surface area contributed by atoms with Crippen LogP contribution in [0.1, 0.15) is 0 Å². The molecule has 15 heteroatoms. The fourth-order valence-electron chi connectivity index (χ4n) is 1.91. The Morgan fingerprint density at radius 1 is 1.32 bits per heavy atom. The summed E-state index contributed by atoms with van der Waals surface area (Å²) in [6, 6.07) is 1.74. The van der Waals surface area contributed by atoms with Crippen molar-refractivity contribution in [3.8, 4) is 0 Å². The Morgan fingerprint density at radius 3 is 2.44 bits per heavy atom. The van der Waals surface area contributed by atoms with Gasteiger partial charge in [-0.05, 0) is 12.1 Å². The van der Waals surface area contributed by atoms with Crippen LogP contribution in [0, 0.1) is 0 Å². The maximum absolute atomic E-state index is 12.2. The van der Waals surface area contributed by atoms with E-state index in [0.717, 1.165) is 12.1 Å². The van der Waals surface area contributed by atoms with E-state index in [0.29, 0.717) is 11.8 Å². The minimum absolute atomic E-state index is 0. The third kappa shape index (κ3) is 5.93. The Hall–Kier alpha value is -0.133. The van der Waals surface area contributed by atoms with Gasteiger partial charge in [0.1, 0.15) is 14.9 Å². The number of nitrogens with one attached hydrogen (secondary N) is 3. The molecule has 0 bridgehead atoms. The van der Waals surface area contributed by atoms with Crippen LogP contribution in [0.3, 0.4) is 0 Å². The van der Waals surface area contributed by atoms with Gasteiger partial charge in [0, 0.05) is 5.75 Å². The molecule has 1 heterocycles. The second kappa shape index (κ2) is 7.85. The number of benzene rings is 1. The Balaban J connectivity index is 0.00000312. The Labute approximate surface area is 163 Å². The zero-order valence-electron chi connectivity index (χ0n) is 12.5. The second-order valence-corrected chi connectivity index (χ2v) is 9.30. The molecule has 0 fully saturated rings. The van der Waals surface area contributed by atoms with E-state index in [1.165, 1.54) is 0 Å². The summed E-state index contributed by atoms with van der Waals surface area (Å²) in [6.45, 7) is 0. The quantitative estimate of drug-likeness (QED) is 0.616. The normalized spacial score (nSPS) is 19.5. The van der Waals surface area contributed by atoms with Crippen LogP contribution < -0.4 is 28.9 Å². The third-order valence-electron chi connectivity index (χ3n) is 2.79. The van der Waals surface area contributed by atoms with Crippen LogP contribution in [0.25, 0.3) is 5.14 Å². The van der Waals surface area contributed by atoms with E-state index in [9.17, 15) is 30.0 Å². The largest absolute Gasteiger partial charge is 1.00 e. The first-order chi connectivity index (χ1) is 10.8. The van der Waals surface area contributed by atoms with Gasteiger partial charge in [0.2, 0.25) is 10.0 Å². The van der Waals surface area contributed by atoms with Crippen molar-refractivity contribution in [3.05, 3.63) is 22.3 Å². The summed E-state index contributed by atoms with van der Waals surface area (Å²) in [4.78, 5) is -1.13. The van der Waals surface area contributed by atoms with E-state index < -0.39 is 47.9 Å². The van der Waals surface area contributed by atoms with E-state index in [1.54, 1.807) is 0 Å². The molecule has 0 saturated heterocycles. The van der Waals surface area contributed by atoms with Crippen molar-refractivity contribution in [2.75, 3.05) is 16.8 Å². The molecule has 1 aliphatic rings. The molecule has 0 spiro atoms. The number of sulfonamides is 2. The molecule has 2 rings (SSSR count). The molecular weight excluding hydrogens is 422 g/mol. The van der Waals surface area contributed by atoms with E-state index >= 15 is 0 Å². The number of fused-ring (bicyclic) bond motifs is 1. The van der Waals surface area contributed by atoms with Gasteiger partial charge in [0.15, 0.2) is 0 Å². The Morgan fingerprint density at radius 2 is 1.92 bits per heavy atom. The molecule has 1 unspecified atom stereocenters. The molecule has 0 aliphatic carbocycles. The maximum Gasteiger partial charge on any atom is 1.00 e. The molecular formula is C10H10ClF3LiN3O4S3. The van der Waals surface area contributed by atoms with Gasteiger partial charge in [-0.2, -0.15) is 17.9 Å². The van der Waals surface area contributed by atoms with Gasteiger partial charge in [0.05, 0.1) is 27.5 Å². The van der Waals surface area contributed by atoms with Gasteiger partial charge in [0.25, 0.3) is 0 Å². The van der Waals surface area contributed by atoms with Crippen LogP contribution in [0.15, 0.2) is 21.9 Å². The molecule has 0 aromatic heterocycles. The topological polar surface area (TPSA) is 116 Å². The molecule has 1 aromatic rings. The van der Waals surface area contributed by atoms with Crippen molar-refractivity contribution in [2.45, 2.75) is 22.1 Å². The fourth-order valence-corrected chi connectivity index (χ4v) is 5.22. The maximum atomic E-state index is 12.2. The fraction of sp³-hybridized carbons (Fsp3) is 0.400. The minimum Gasteiger partial charge on any atom is -0.560 e. The van der Waals surface area contributed by atoms with Crippen LogP contribution >= 0.6 is 23.4 Å². The average Bonchev–Trinajstić information content (AvgIpc) is 2.33. The van der Waals surface area contributed by atoms with Crippen molar-refractivity contribution in [2.24, 2.45) is 0 Å². The van der Waals surface area contributed by atoms with Gasteiger partial charge in [-0.25, -0.2) is 16.8 Å². The van der Waals surface area contributed by atoms with Gasteiger partial charge in [-0.15, -0.1) is 11.8 Å². The van der Waals surface area contributed by atoms with Gasteiger partial charge < -0.3 is 10.5 Å². The van der Waals surface area contributed by atoms with E-state index in [1.807, 2.05) is 0 Å². The number of alkyl halides is 3. The van der Waals surface area contributed by atoms with Gasteiger partial charge >= 0.3 is 25.0 Å². The summed E-state index contributed by atoms with van der Waals surface area (Å²) < 4.78 is 85.4. The predicted octanol–water partition coefficient (Wildman–Crippen LogP) is -0.590. The van der Waals surface area contributed by atoms with Crippen molar-refractivity contribution >= 4 is 49.1 Å². The van der Waals surface area contributed by atoms with Crippen molar-refractivity contribution in [1.82, 2.24) is 4.72 Å². The first-order valence-corrected chi connectivity index (χ1v) is 10.6. The van der Waals surface area contributed by atoms with Crippen molar-refractivity contribution in [1.29, 1.82) is 0 Å². The van der Waals surface area contributed by atoms with Gasteiger partial charge in [-0.1, -0.05) is 11.6 Å². The predicted molar refractivity (Wildman–Crippen MR) is 84.1 cm³/mol. The number of rotatable bonds is 4. The van der Waals surface area contributed by atoms with Crippen LogP contribution in [0.4, 0.5) is 18.9 Å². The molecule has 1 aromatic carbocycles. The molecule has 25 heavy (non-hydrogen) atoms. The molecule has 0 saturated carbocycles. The molecule has 1 atom stereocenters. The number of hydrogen-bond acceptors (Lipinski definition) is 6. The zero-order valence-corrected chi connectivity index (χ0v) is 15.7. The molecule has 1 aliphatic heterocycles. The smallest absolute Gasteiger partial charge is 0.560 e. The number of halogens is 4. The van der Waals surface area contributed by atoms with Crippen molar-refractivity contribution in [3.63, 3.8) is 0 Å². The SMILES string of the molecule is [Li+].[NH-]S(=O)(=O)c1cc2c(cc1Cl)NC(CSCC(F)(F)F)NS2(=O)=O. The summed E-state index contributed by atoms with van der Waals surface area (Å²) >= 11 is 6.22. The summed E-state index contributed by atoms with van der Waals surface area (Å²) in [6.07, 6.45) is -5.40. The Bertz CT molecular complexity index is 864. The van der Waals surface area contributed by atoms with Crippen LogP contribution in [-0.2, 0) is 20.0 Å². The average molecular weight is 432 g/mol. The summed E-state index contributed by atoms with van der Waals surface area (Å²) in [7, 11) is -8.66. The molecule has 0 amide bonds. The minimum atomic E-state index is -4.49. The van der Waals surface area contributed by atoms with Crippen LogP contribution in [0.5, 0.6) is 0 Å². The van der Waals surface area contributed by atoms with Crippen molar-refractivity contribution < 1.29 is 48.9 Å². The second-order valence-electron chi connectivity index (χ2n) is 4.73. The van der Waals surface area contributed by atoms with E-state index in [4.69, 9.17) is 16.7 Å². The molecule has 3 N–H and O–H groups in total. The Kier molecular flexibility index (Phi) is 7.20. The summed E-state index contributed by atoms with van der Waals surface area (Å²) in [5.74, 6) is -1.36. The summed E-state index contributed by atoms with van der Waals surface area (Å²) in [5.41, 5.74) is -0.0521. The van der Waals surface area contributed by atoms with Crippen LogP contribution in [0.2, 0.25) is 5.02 Å². The first kappa shape index (κ1) is 22.9. The molecule has 7 nitrogen and oxygen atoms in total.